The fraction of sp³-hybridized carbons (Fsp3) is 0.750. The molecule has 3 N–H and O–H groups in total. The van der Waals surface area contributed by atoms with Crippen LogP contribution in [0.3, 0.4) is 0 Å². The number of rotatable bonds is 4. The average Bonchev–Trinajstić information content (AvgIpc) is 2.42. The zero-order valence-corrected chi connectivity index (χ0v) is 11.5. The number of esters is 1. The summed E-state index contributed by atoms with van der Waals surface area (Å²) in [7, 11) is 1.29. The minimum atomic E-state index is -1.37. The number of amides is 2. The minimum Gasteiger partial charge on any atom is -0.480 e. The van der Waals surface area contributed by atoms with Crippen LogP contribution in [0, 0.1) is 5.92 Å². The maximum Gasteiger partial charge on any atom is 0.328 e. The van der Waals surface area contributed by atoms with Crippen LogP contribution in [0.1, 0.15) is 19.8 Å². The summed E-state index contributed by atoms with van der Waals surface area (Å²) in [6.45, 7) is 1.91. The summed E-state index contributed by atoms with van der Waals surface area (Å²) in [5.41, 5.74) is 0. The van der Waals surface area contributed by atoms with Gasteiger partial charge < -0.3 is 25.2 Å². The number of hydrogen-bond acceptors (Lipinski definition) is 5. The standard InChI is InChI=1S/C12H20N2O6/c1-7(15)9(10(16)17)13-12(19)14-5-3-4-8(6-14)11(18)20-2/h7-9,15H,3-6H2,1-2H3,(H,13,19)(H,16,17)/t7-,8?,9+/m1/s1. The van der Waals surface area contributed by atoms with Crippen molar-refractivity contribution in [2.75, 3.05) is 20.2 Å². The number of carboxylic acid groups (broad SMARTS) is 1. The van der Waals surface area contributed by atoms with Crippen molar-refractivity contribution in [3.05, 3.63) is 0 Å². The number of aliphatic carboxylic acids is 1. The number of nitrogens with zero attached hydrogens (tertiary/aromatic N) is 1. The molecule has 1 heterocycles. The first-order valence-corrected chi connectivity index (χ1v) is 6.41. The van der Waals surface area contributed by atoms with Gasteiger partial charge in [-0.1, -0.05) is 0 Å². The van der Waals surface area contributed by atoms with Crippen molar-refractivity contribution < 1.29 is 29.3 Å². The van der Waals surface area contributed by atoms with Crippen LogP contribution < -0.4 is 5.32 Å². The van der Waals surface area contributed by atoms with E-state index < -0.39 is 30.1 Å². The summed E-state index contributed by atoms with van der Waals surface area (Å²) in [5, 5.41) is 20.5. The van der Waals surface area contributed by atoms with Gasteiger partial charge in [0.2, 0.25) is 0 Å². The Morgan fingerprint density at radius 2 is 2.05 bits per heavy atom. The predicted molar refractivity (Wildman–Crippen MR) is 67.9 cm³/mol. The second kappa shape index (κ2) is 7.09. The predicted octanol–water partition coefficient (Wildman–Crippen LogP) is -0.585. The number of piperidine rings is 1. The molecular weight excluding hydrogens is 268 g/mol. The Morgan fingerprint density at radius 3 is 2.55 bits per heavy atom. The number of hydrogen-bond donors (Lipinski definition) is 3. The van der Waals surface area contributed by atoms with E-state index in [-0.39, 0.29) is 12.5 Å². The number of methoxy groups -OCH3 is 1. The quantitative estimate of drug-likeness (QED) is 0.596. The molecule has 0 radical (unpaired) electrons. The summed E-state index contributed by atoms with van der Waals surface area (Å²) >= 11 is 0. The molecule has 0 spiro atoms. The Hall–Kier alpha value is -1.83. The first kappa shape index (κ1) is 16.2. The third-order valence-corrected chi connectivity index (χ3v) is 3.27. The molecule has 2 amide bonds. The molecule has 0 aromatic rings. The third-order valence-electron chi connectivity index (χ3n) is 3.27. The van der Waals surface area contributed by atoms with Gasteiger partial charge in [0.1, 0.15) is 0 Å². The van der Waals surface area contributed by atoms with Gasteiger partial charge in [-0.2, -0.15) is 0 Å². The van der Waals surface area contributed by atoms with Gasteiger partial charge in [0.05, 0.1) is 19.1 Å². The molecule has 1 aliphatic heterocycles. The van der Waals surface area contributed by atoms with Crippen LogP contribution in [0.25, 0.3) is 0 Å². The van der Waals surface area contributed by atoms with E-state index in [0.717, 1.165) is 0 Å². The lowest BCUT2D eigenvalue weighted by Crippen LogP contribution is -2.54. The summed E-state index contributed by atoms with van der Waals surface area (Å²) in [5.74, 6) is -2.09. The molecule has 0 aliphatic carbocycles. The molecule has 3 atom stereocenters. The van der Waals surface area contributed by atoms with Crippen LogP contribution >= 0.6 is 0 Å². The highest BCUT2D eigenvalue weighted by atomic mass is 16.5. The molecule has 8 heteroatoms. The molecule has 0 aromatic heterocycles. The number of carbonyl (C=O) groups is 3. The normalized spacial score (nSPS) is 21.8. The molecule has 20 heavy (non-hydrogen) atoms. The van der Waals surface area contributed by atoms with E-state index >= 15 is 0 Å². The lowest BCUT2D eigenvalue weighted by Gasteiger charge is -2.32. The number of carboxylic acids is 1. The van der Waals surface area contributed by atoms with Crippen molar-refractivity contribution in [1.29, 1.82) is 0 Å². The minimum absolute atomic E-state index is 0.185. The van der Waals surface area contributed by atoms with Crippen LogP contribution in [0.4, 0.5) is 4.79 Å². The van der Waals surface area contributed by atoms with E-state index in [9.17, 15) is 19.5 Å². The van der Waals surface area contributed by atoms with E-state index in [2.05, 4.69) is 10.1 Å². The molecule has 1 unspecified atom stereocenters. The zero-order valence-electron chi connectivity index (χ0n) is 11.5. The third kappa shape index (κ3) is 4.09. The molecule has 0 aromatic carbocycles. The Labute approximate surface area is 116 Å². The zero-order chi connectivity index (χ0) is 15.3. The van der Waals surface area contributed by atoms with Crippen LogP contribution in [0.5, 0.6) is 0 Å². The Kier molecular flexibility index (Phi) is 5.75. The van der Waals surface area contributed by atoms with Crippen molar-refractivity contribution in [1.82, 2.24) is 10.2 Å². The van der Waals surface area contributed by atoms with Crippen molar-refractivity contribution in [3.8, 4) is 0 Å². The van der Waals surface area contributed by atoms with Gasteiger partial charge in [0.15, 0.2) is 6.04 Å². The van der Waals surface area contributed by atoms with Crippen molar-refractivity contribution in [2.24, 2.45) is 5.92 Å². The molecule has 1 aliphatic rings. The number of nitrogens with one attached hydrogen (secondary N) is 1. The highest BCUT2D eigenvalue weighted by Crippen LogP contribution is 2.17. The fourth-order valence-corrected chi connectivity index (χ4v) is 2.13. The summed E-state index contributed by atoms with van der Waals surface area (Å²) in [4.78, 5) is 35.7. The van der Waals surface area contributed by atoms with E-state index in [1.54, 1.807) is 0 Å². The monoisotopic (exact) mass is 288 g/mol. The number of carbonyl (C=O) groups excluding carboxylic acids is 2. The van der Waals surface area contributed by atoms with Gasteiger partial charge in [-0.25, -0.2) is 9.59 Å². The maximum atomic E-state index is 12.0. The molecule has 0 bridgehead atoms. The second-order valence-electron chi connectivity index (χ2n) is 4.81. The van der Waals surface area contributed by atoms with Crippen molar-refractivity contribution in [2.45, 2.75) is 31.9 Å². The molecule has 1 rings (SSSR count). The highest BCUT2D eigenvalue weighted by Gasteiger charge is 2.32. The van der Waals surface area contributed by atoms with Gasteiger partial charge in [0, 0.05) is 13.1 Å². The number of urea groups is 1. The van der Waals surface area contributed by atoms with Gasteiger partial charge in [-0.05, 0) is 19.8 Å². The Balaban J connectivity index is 2.62. The number of aliphatic hydroxyl groups excluding tert-OH is 1. The van der Waals surface area contributed by atoms with Gasteiger partial charge in [-0.15, -0.1) is 0 Å². The Morgan fingerprint density at radius 1 is 1.40 bits per heavy atom. The average molecular weight is 288 g/mol. The SMILES string of the molecule is COC(=O)C1CCCN(C(=O)N[C@H](C(=O)O)[C@@H](C)O)C1. The number of likely N-dealkylation sites (tertiary alicyclic amines) is 1. The van der Waals surface area contributed by atoms with Gasteiger partial charge >= 0.3 is 18.0 Å². The lowest BCUT2D eigenvalue weighted by molar-refractivity contribution is -0.147. The summed E-state index contributed by atoms with van der Waals surface area (Å²) in [6.07, 6.45) is 0.0621. The molecule has 1 fully saturated rings. The van der Waals surface area contributed by atoms with E-state index in [0.29, 0.717) is 19.4 Å². The largest absolute Gasteiger partial charge is 0.480 e. The topological polar surface area (TPSA) is 116 Å². The van der Waals surface area contributed by atoms with Crippen LogP contribution in [-0.2, 0) is 14.3 Å². The molecule has 114 valence electrons. The fourth-order valence-electron chi connectivity index (χ4n) is 2.13. The molecule has 0 saturated carbocycles. The van der Waals surface area contributed by atoms with Crippen LogP contribution in [-0.4, -0.2) is 65.4 Å². The molecule has 8 nitrogen and oxygen atoms in total. The summed E-state index contributed by atoms with van der Waals surface area (Å²) < 4.78 is 4.64. The van der Waals surface area contributed by atoms with E-state index in [1.807, 2.05) is 0 Å². The Bertz CT molecular complexity index is 384. The smallest absolute Gasteiger partial charge is 0.328 e. The molecule has 1 saturated heterocycles. The summed E-state index contributed by atoms with van der Waals surface area (Å²) in [6, 6.07) is -1.98. The lowest BCUT2D eigenvalue weighted by atomic mass is 9.98. The maximum absolute atomic E-state index is 12.0. The van der Waals surface area contributed by atoms with Crippen LogP contribution in [0.15, 0.2) is 0 Å². The van der Waals surface area contributed by atoms with Gasteiger partial charge in [0.25, 0.3) is 0 Å². The first-order valence-electron chi connectivity index (χ1n) is 6.41. The number of aliphatic hydroxyl groups is 1. The van der Waals surface area contributed by atoms with E-state index in [1.165, 1.54) is 18.9 Å². The highest BCUT2D eigenvalue weighted by molar-refractivity contribution is 5.83. The van der Waals surface area contributed by atoms with Crippen molar-refractivity contribution >= 4 is 18.0 Å². The number of ether oxygens (including phenoxy) is 1. The van der Waals surface area contributed by atoms with Gasteiger partial charge in [-0.3, -0.25) is 4.79 Å². The van der Waals surface area contributed by atoms with Crippen LogP contribution in [0.2, 0.25) is 0 Å². The molecular formula is C12H20N2O6. The van der Waals surface area contributed by atoms with Crippen molar-refractivity contribution in [3.63, 3.8) is 0 Å². The first-order chi connectivity index (χ1) is 9.36. The second-order valence-corrected chi connectivity index (χ2v) is 4.81. The van der Waals surface area contributed by atoms with E-state index in [4.69, 9.17) is 5.11 Å².